The summed E-state index contributed by atoms with van der Waals surface area (Å²) in [4.78, 5) is 23.6. The Bertz CT molecular complexity index is 1030. The number of hydrogen-bond donors (Lipinski definition) is 1. The maximum atomic E-state index is 13.0. The molecule has 4 rings (SSSR count). The van der Waals surface area contributed by atoms with Gasteiger partial charge in [0.15, 0.2) is 11.5 Å². The molecule has 168 valence electrons. The number of imidazole rings is 1. The molecule has 1 saturated heterocycles. The quantitative estimate of drug-likeness (QED) is 0.577. The van der Waals surface area contributed by atoms with Crippen molar-refractivity contribution in [1.82, 2.24) is 24.8 Å². The topological polar surface area (TPSA) is 90.7 Å². The van der Waals surface area contributed by atoms with E-state index in [1.54, 1.807) is 55.8 Å². The van der Waals surface area contributed by atoms with E-state index in [1.165, 1.54) is 0 Å². The lowest BCUT2D eigenvalue weighted by atomic mass is 10.0. The third-order valence-electron chi connectivity index (χ3n) is 5.51. The fourth-order valence-electron chi connectivity index (χ4n) is 3.79. The van der Waals surface area contributed by atoms with Crippen molar-refractivity contribution in [3.8, 4) is 17.3 Å². The Labute approximate surface area is 186 Å². The number of ether oxygens (including phenoxy) is 3. The molecule has 3 heterocycles. The molecule has 3 aromatic rings. The summed E-state index contributed by atoms with van der Waals surface area (Å²) in [5, 5.41) is 3.09. The molecule has 0 spiro atoms. The molecule has 32 heavy (non-hydrogen) atoms. The van der Waals surface area contributed by atoms with Crippen LogP contribution in [-0.4, -0.2) is 72.4 Å². The average molecular weight is 438 g/mol. The molecule has 0 bridgehead atoms. The molecule has 0 saturated carbocycles. The highest BCUT2D eigenvalue weighted by Gasteiger charge is 2.24. The van der Waals surface area contributed by atoms with Crippen LogP contribution in [0.4, 0.5) is 0 Å². The number of benzene rings is 1. The Balaban J connectivity index is 1.53. The molecular formula is C23H27N5O4. The van der Waals surface area contributed by atoms with Crippen molar-refractivity contribution in [2.45, 2.75) is 6.04 Å². The molecule has 0 radical (unpaired) electrons. The van der Waals surface area contributed by atoms with E-state index in [-0.39, 0.29) is 11.9 Å². The number of carbonyl (C=O) groups excluding carboxylic acids is 1. The number of morpholine rings is 1. The van der Waals surface area contributed by atoms with E-state index in [9.17, 15) is 4.79 Å². The maximum Gasteiger partial charge on any atom is 0.251 e. The highest BCUT2D eigenvalue weighted by Crippen LogP contribution is 2.32. The number of rotatable bonds is 8. The smallest absolute Gasteiger partial charge is 0.251 e. The Kier molecular flexibility index (Phi) is 6.98. The third-order valence-corrected chi connectivity index (χ3v) is 5.51. The lowest BCUT2D eigenvalue weighted by Gasteiger charge is -2.35. The summed E-state index contributed by atoms with van der Waals surface area (Å²) in [7, 11) is 3.23. The van der Waals surface area contributed by atoms with Crippen molar-refractivity contribution >= 4 is 5.91 Å². The van der Waals surface area contributed by atoms with Crippen molar-refractivity contribution in [1.29, 1.82) is 0 Å². The molecule has 1 aliphatic rings. The standard InChI is InChI=1S/C23H27N5O4/c1-30-20-4-3-17(13-21(20)31-2)19(27-9-11-32-12-10-27)15-26-23(29)18-5-6-25-22(14-18)28-8-7-24-16-28/h3-8,13-14,16,19H,9-12,15H2,1-2H3,(H,26,29). The molecule has 0 aliphatic carbocycles. The summed E-state index contributed by atoms with van der Waals surface area (Å²) in [6, 6.07) is 9.29. The minimum Gasteiger partial charge on any atom is -0.493 e. The zero-order valence-electron chi connectivity index (χ0n) is 18.2. The number of nitrogens with one attached hydrogen (secondary N) is 1. The fourth-order valence-corrected chi connectivity index (χ4v) is 3.79. The van der Waals surface area contributed by atoms with E-state index in [0.29, 0.717) is 42.6 Å². The monoisotopic (exact) mass is 437 g/mol. The molecule has 9 heteroatoms. The van der Waals surface area contributed by atoms with Gasteiger partial charge >= 0.3 is 0 Å². The molecule has 1 fully saturated rings. The van der Waals surface area contributed by atoms with Gasteiger partial charge in [-0.25, -0.2) is 9.97 Å². The Hall–Kier alpha value is -3.43. The molecule has 9 nitrogen and oxygen atoms in total. The van der Waals surface area contributed by atoms with Crippen LogP contribution < -0.4 is 14.8 Å². The first-order valence-electron chi connectivity index (χ1n) is 10.5. The highest BCUT2D eigenvalue weighted by molar-refractivity contribution is 5.94. The second-order valence-corrected chi connectivity index (χ2v) is 7.36. The second kappa shape index (κ2) is 10.3. The lowest BCUT2D eigenvalue weighted by Crippen LogP contribution is -2.43. The van der Waals surface area contributed by atoms with Gasteiger partial charge < -0.3 is 19.5 Å². The van der Waals surface area contributed by atoms with Gasteiger partial charge in [0.1, 0.15) is 12.1 Å². The summed E-state index contributed by atoms with van der Waals surface area (Å²) in [6.07, 6.45) is 6.73. The van der Waals surface area contributed by atoms with Gasteiger partial charge in [0.05, 0.1) is 33.5 Å². The normalized spacial score (nSPS) is 15.2. The predicted molar refractivity (Wildman–Crippen MR) is 118 cm³/mol. The van der Waals surface area contributed by atoms with Crippen molar-refractivity contribution in [2.24, 2.45) is 0 Å². The van der Waals surface area contributed by atoms with Crippen molar-refractivity contribution < 1.29 is 19.0 Å². The van der Waals surface area contributed by atoms with Gasteiger partial charge in [-0.2, -0.15) is 0 Å². The number of hydrogen-bond acceptors (Lipinski definition) is 7. The molecule has 1 aromatic carbocycles. The molecule has 2 aromatic heterocycles. The largest absolute Gasteiger partial charge is 0.493 e. The maximum absolute atomic E-state index is 13.0. The molecular weight excluding hydrogens is 410 g/mol. The van der Waals surface area contributed by atoms with Crippen LogP contribution in [0.2, 0.25) is 0 Å². The van der Waals surface area contributed by atoms with Crippen molar-refractivity contribution in [3.63, 3.8) is 0 Å². The van der Waals surface area contributed by atoms with Crippen LogP contribution in [0.15, 0.2) is 55.2 Å². The van der Waals surface area contributed by atoms with E-state index in [0.717, 1.165) is 18.7 Å². The number of aromatic nitrogens is 3. The summed E-state index contributed by atoms with van der Waals surface area (Å²) in [6.45, 7) is 3.34. The van der Waals surface area contributed by atoms with Gasteiger partial charge in [-0.1, -0.05) is 6.07 Å². The number of methoxy groups -OCH3 is 2. The summed E-state index contributed by atoms with van der Waals surface area (Å²) in [5.74, 6) is 1.81. The Morgan fingerprint density at radius 3 is 2.66 bits per heavy atom. The van der Waals surface area contributed by atoms with Crippen LogP contribution >= 0.6 is 0 Å². The SMILES string of the molecule is COc1ccc(C(CNC(=O)c2ccnc(-n3ccnc3)c2)N2CCOCC2)cc1OC. The van der Waals surface area contributed by atoms with E-state index < -0.39 is 0 Å². The van der Waals surface area contributed by atoms with Gasteiger partial charge in [0.2, 0.25) is 0 Å². The van der Waals surface area contributed by atoms with Crippen molar-refractivity contribution in [2.75, 3.05) is 47.1 Å². The van der Waals surface area contributed by atoms with E-state index >= 15 is 0 Å². The number of nitrogens with zero attached hydrogens (tertiary/aromatic N) is 4. The molecule has 1 aliphatic heterocycles. The minimum atomic E-state index is -0.160. The Morgan fingerprint density at radius 2 is 1.94 bits per heavy atom. The molecule has 1 unspecified atom stereocenters. The van der Waals surface area contributed by atoms with Gasteiger partial charge in [-0.3, -0.25) is 14.3 Å². The number of amides is 1. The summed E-state index contributed by atoms with van der Waals surface area (Å²) >= 11 is 0. The molecule has 1 N–H and O–H groups in total. The van der Waals surface area contributed by atoms with Gasteiger partial charge in [-0.05, 0) is 29.8 Å². The summed E-state index contributed by atoms with van der Waals surface area (Å²) < 4.78 is 18.1. The zero-order chi connectivity index (χ0) is 22.3. The zero-order valence-corrected chi connectivity index (χ0v) is 18.2. The third kappa shape index (κ3) is 4.90. The van der Waals surface area contributed by atoms with Crippen LogP contribution in [0.25, 0.3) is 5.82 Å². The van der Waals surface area contributed by atoms with Crippen molar-refractivity contribution in [3.05, 3.63) is 66.4 Å². The van der Waals surface area contributed by atoms with E-state index in [2.05, 4.69) is 20.2 Å². The molecule has 1 atom stereocenters. The van der Waals surface area contributed by atoms with Gasteiger partial charge in [0, 0.05) is 43.8 Å². The first-order valence-corrected chi connectivity index (χ1v) is 10.5. The van der Waals surface area contributed by atoms with Crippen LogP contribution in [-0.2, 0) is 4.74 Å². The van der Waals surface area contributed by atoms with E-state index in [1.807, 2.05) is 18.2 Å². The van der Waals surface area contributed by atoms with Crippen LogP contribution in [0.1, 0.15) is 22.0 Å². The summed E-state index contributed by atoms with van der Waals surface area (Å²) in [5.41, 5.74) is 1.58. The van der Waals surface area contributed by atoms with Crippen LogP contribution in [0, 0.1) is 0 Å². The number of pyridine rings is 1. The van der Waals surface area contributed by atoms with Crippen LogP contribution in [0.5, 0.6) is 11.5 Å². The lowest BCUT2D eigenvalue weighted by molar-refractivity contribution is 0.0162. The minimum absolute atomic E-state index is 0.0300. The average Bonchev–Trinajstić information content (AvgIpc) is 3.40. The molecule has 1 amide bonds. The second-order valence-electron chi connectivity index (χ2n) is 7.36. The Morgan fingerprint density at radius 1 is 1.12 bits per heavy atom. The predicted octanol–water partition coefficient (Wildman–Crippen LogP) is 2.09. The van der Waals surface area contributed by atoms with Gasteiger partial charge in [0.25, 0.3) is 5.91 Å². The van der Waals surface area contributed by atoms with Gasteiger partial charge in [-0.15, -0.1) is 0 Å². The number of carbonyl (C=O) groups is 1. The first-order chi connectivity index (χ1) is 15.7. The first kappa shape index (κ1) is 21.8. The van der Waals surface area contributed by atoms with E-state index in [4.69, 9.17) is 14.2 Å². The van der Waals surface area contributed by atoms with Crippen LogP contribution in [0.3, 0.4) is 0 Å². The highest BCUT2D eigenvalue weighted by atomic mass is 16.5. The fraction of sp³-hybridized carbons (Fsp3) is 0.348.